The lowest BCUT2D eigenvalue weighted by atomic mass is 10.1. The van der Waals surface area contributed by atoms with E-state index in [0.717, 1.165) is 28.0 Å². The Labute approximate surface area is 203 Å². The number of fused-ring (bicyclic) bond motifs is 1. The van der Waals surface area contributed by atoms with Crippen LogP contribution < -0.4 is 21.3 Å². The van der Waals surface area contributed by atoms with Crippen LogP contribution in [0.3, 0.4) is 0 Å². The minimum absolute atomic E-state index is 0.0126. The average molecular weight is 529 g/mol. The maximum atomic E-state index is 12.7. The number of aromatic nitrogens is 3. The van der Waals surface area contributed by atoms with Crippen molar-refractivity contribution < 1.29 is 27.1 Å². The van der Waals surface area contributed by atoms with E-state index in [2.05, 4.69) is 15.0 Å². The van der Waals surface area contributed by atoms with Gasteiger partial charge in [-0.15, -0.1) is 24.5 Å². The molecule has 0 atom stereocenters. The fourth-order valence-corrected chi connectivity index (χ4v) is 4.45. The maximum absolute atomic E-state index is 12.7. The molecule has 4 aromatic rings. The van der Waals surface area contributed by atoms with Gasteiger partial charge in [-0.2, -0.15) is 0 Å². The normalized spacial score (nSPS) is 11.7. The van der Waals surface area contributed by atoms with Crippen molar-refractivity contribution in [2.75, 3.05) is 5.32 Å². The lowest BCUT2D eigenvalue weighted by molar-refractivity contribution is -0.274. The molecule has 3 heterocycles. The van der Waals surface area contributed by atoms with E-state index in [1.165, 1.54) is 30.1 Å². The molecule has 0 saturated carbocycles. The van der Waals surface area contributed by atoms with Crippen molar-refractivity contribution in [1.82, 2.24) is 14.1 Å². The van der Waals surface area contributed by atoms with E-state index < -0.39 is 29.3 Å². The highest BCUT2D eigenvalue weighted by Crippen LogP contribution is 2.33. The van der Waals surface area contributed by atoms with Crippen LogP contribution in [-0.4, -0.2) is 26.4 Å². The molecule has 0 fully saturated rings. The van der Waals surface area contributed by atoms with Crippen molar-refractivity contribution in [2.45, 2.75) is 19.7 Å². The van der Waals surface area contributed by atoms with Gasteiger partial charge in [0.2, 0.25) is 11.6 Å². The molecule has 0 unspecified atom stereocenters. The quantitative estimate of drug-likeness (QED) is 0.419. The molecule has 9 nitrogen and oxygen atoms in total. The number of hydrogen-bond donors (Lipinski definition) is 1. The largest absolute Gasteiger partial charge is 0.573 e. The van der Waals surface area contributed by atoms with Crippen molar-refractivity contribution in [2.24, 2.45) is 14.1 Å². The topological polar surface area (TPSA) is 108 Å². The van der Waals surface area contributed by atoms with Gasteiger partial charge < -0.3 is 14.5 Å². The minimum Gasteiger partial charge on any atom is -0.444 e. The second kappa shape index (κ2) is 8.89. The van der Waals surface area contributed by atoms with Crippen LogP contribution in [0, 0.1) is 6.92 Å². The van der Waals surface area contributed by atoms with Gasteiger partial charge in [-0.3, -0.25) is 18.7 Å². The summed E-state index contributed by atoms with van der Waals surface area (Å²) in [6, 6.07) is 3.55. The molecule has 1 aromatic carbocycles. The smallest absolute Gasteiger partial charge is 0.444 e. The van der Waals surface area contributed by atoms with Crippen molar-refractivity contribution in [1.29, 1.82) is 0 Å². The fraction of sp³-hybridized carbons (Fsp3) is 0.238. The molecule has 4 rings (SSSR count). The molecule has 184 valence electrons. The molecule has 0 aliphatic heterocycles. The zero-order chi connectivity index (χ0) is 25.7. The van der Waals surface area contributed by atoms with E-state index in [4.69, 9.17) is 16.0 Å². The van der Waals surface area contributed by atoms with Gasteiger partial charge in [0.15, 0.2) is 5.13 Å². The van der Waals surface area contributed by atoms with E-state index >= 15 is 0 Å². The number of amides is 1. The molecule has 0 saturated heterocycles. The summed E-state index contributed by atoms with van der Waals surface area (Å²) in [5, 5.41) is 4.44. The molecule has 3 aromatic heterocycles. The molecule has 1 amide bonds. The number of aryl methyl sites for hydroxylation is 2. The van der Waals surface area contributed by atoms with Crippen LogP contribution in [0.15, 0.2) is 37.6 Å². The molecular weight excluding hydrogens is 513 g/mol. The Balaban J connectivity index is 1.58. The van der Waals surface area contributed by atoms with Gasteiger partial charge in [0.1, 0.15) is 16.9 Å². The minimum atomic E-state index is -4.88. The van der Waals surface area contributed by atoms with Gasteiger partial charge >= 0.3 is 12.1 Å². The second-order valence-electron chi connectivity index (χ2n) is 7.51. The number of benzene rings is 1. The number of nitrogens with zero attached hydrogens (tertiary/aromatic N) is 3. The number of ether oxygens (including phenoxy) is 1. The number of anilines is 1. The van der Waals surface area contributed by atoms with Crippen molar-refractivity contribution in [3.8, 4) is 17.0 Å². The molecule has 14 heteroatoms. The lowest BCUT2D eigenvalue weighted by Crippen LogP contribution is -2.36. The average Bonchev–Trinajstić information content (AvgIpc) is 3.34. The monoisotopic (exact) mass is 528 g/mol. The molecule has 0 bridgehead atoms. The van der Waals surface area contributed by atoms with Gasteiger partial charge in [-0.25, -0.2) is 9.78 Å². The summed E-state index contributed by atoms with van der Waals surface area (Å²) in [6.07, 6.45) is -5.12. The zero-order valence-corrected chi connectivity index (χ0v) is 19.9. The molecular formula is C21H16ClF3N4O5S. The van der Waals surface area contributed by atoms with Crippen LogP contribution in [-0.2, 0) is 25.3 Å². The van der Waals surface area contributed by atoms with Crippen molar-refractivity contribution in [3.05, 3.63) is 60.8 Å². The number of hydrogen-bond acceptors (Lipinski definition) is 7. The second-order valence-corrected chi connectivity index (χ2v) is 8.80. The predicted octanol–water partition coefficient (Wildman–Crippen LogP) is 4.00. The summed E-state index contributed by atoms with van der Waals surface area (Å²) in [4.78, 5) is 41.7. The van der Waals surface area contributed by atoms with Crippen LogP contribution in [0.1, 0.15) is 11.3 Å². The first kappa shape index (κ1) is 24.5. The lowest BCUT2D eigenvalue weighted by Gasteiger charge is -2.10. The first-order valence-electron chi connectivity index (χ1n) is 9.84. The highest BCUT2D eigenvalue weighted by atomic mass is 35.5. The molecule has 0 aliphatic rings. The number of carbonyl (C=O) groups excluding carboxylic acids is 1. The highest BCUT2D eigenvalue weighted by Gasteiger charge is 2.31. The van der Waals surface area contributed by atoms with Crippen LogP contribution in [0.5, 0.6) is 5.75 Å². The number of nitrogens with one attached hydrogen (secondary N) is 1. The first-order valence-corrected chi connectivity index (χ1v) is 11.1. The third-order valence-corrected chi connectivity index (χ3v) is 6.05. The van der Waals surface area contributed by atoms with Crippen molar-refractivity contribution in [3.63, 3.8) is 0 Å². The summed E-state index contributed by atoms with van der Waals surface area (Å²) >= 11 is 6.95. The number of rotatable bonds is 5. The summed E-state index contributed by atoms with van der Waals surface area (Å²) in [5.74, 6) is -0.707. The molecule has 0 aliphatic carbocycles. The summed E-state index contributed by atoms with van der Waals surface area (Å²) in [7, 11) is 2.78. The molecule has 0 radical (unpaired) electrons. The molecule has 0 spiro atoms. The Bertz CT molecular complexity index is 1580. The third-order valence-electron chi connectivity index (χ3n) is 5.08. The fourth-order valence-electron chi connectivity index (χ4n) is 3.49. The number of halogens is 4. The van der Waals surface area contributed by atoms with Gasteiger partial charge in [0.25, 0.3) is 5.56 Å². The third kappa shape index (κ3) is 4.95. The Hall–Kier alpha value is -3.58. The molecule has 1 N–H and O–H groups in total. The zero-order valence-electron chi connectivity index (χ0n) is 18.3. The van der Waals surface area contributed by atoms with E-state index in [9.17, 15) is 27.6 Å². The Morgan fingerprint density at radius 1 is 1.23 bits per heavy atom. The number of thiazole rings is 1. The number of alkyl halides is 3. The number of carbonyl (C=O) groups is 1. The SMILES string of the molecule is Cc1oc2c(c1CC(=O)Nc1nc(-c3cc(Cl)cc(OC(F)(F)F)c3)cs1)c(=O)n(C)c(=O)n2C. The van der Waals surface area contributed by atoms with Crippen molar-refractivity contribution >= 4 is 45.1 Å². The van der Waals surface area contributed by atoms with Gasteiger partial charge in [0, 0.05) is 35.6 Å². The maximum Gasteiger partial charge on any atom is 0.573 e. The summed E-state index contributed by atoms with van der Waals surface area (Å²) < 4.78 is 49.3. The van der Waals surface area contributed by atoms with E-state index in [0.29, 0.717) is 11.3 Å². The van der Waals surface area contributed by atoms with Crippen LogP contribution >= 0.6 is 22.9 Å². The van der Waals surface area contributed by atoms with Gasteiger partial charge in [-0.05, 0) is 25.1 Å². The molecule has 35 heavy (non-hydrogen) atoms. The number of furan rings is 1. The Morgan fingerprint density at radius 3 is 2.63 bits per heavy atom. The highest BCUT2D eigenvalue weighted by molar-refractivity contribution is 7.14. The van der Waals surface area contributed by atoms with E-state index in [-0.39, 0.29) is 38.9 Å². The predicted molar refractivity (Wildman–Crippen MR) is 123 cm³/mol. The summed E-state index contributed by atoms with van der Waals surface area (Å²) in [5.41, 5.74) is -0.227. The van der Waals surface area contributed by atoms with Crippen LogP contribution in [0.4, 0.5) is 18.3 Å². The Morgan fingerprint density at radius 2 is 1.94 bits per heavy atom. The standard InChI is InChI=1S/C21H16ClF3N4O5S/c1-9-13(16-17(31)28(2)20(32)29(3)18(16)33-9)7-15(30)27-19-26-14(8-35-19)10-4-11(22)6-12(5-10)34-21(23,24)25/h4-6,8H,7H2,1-3H3,(H,26,27,30). The van der Waals surface area contributed by atoms with Crippen LogP contribution in [0.2, 0.25) is 5.02 Å². The summed E-state index contributed by atoms with van der Waals surface area (Å²) in [6.45, 7) is 1.58. The Kier molecular flexibility index (Phi) is 6.23. The van der Waals surface area contributed by atoms with E-state index in [1.54, 1.807) is 6.92 Å². The van der Waals surface area contributed by atoms with Gasteiger partial charge in [0.05, 0.1) is 12.1 Å². The van der Waals surface area contributed by atoms with E-state index in [1.807, 2.05) is 0 Å². The first-order chi connectivity index (χ1) is 16.3. The van der Waals surface area contributed by atoms with Gasteiger partial charge in [-0.1, -0.05) is 11.6 Å². The van der Waals surface area contributed by atoms with Crippen LogP contribution in [0.25, 0.3) is 22.4 Å².